The van der Waals surface area contributed by atoms with Crippen molar-refractivity contribution in [3.63, 3.8) is 0 Å². The highest BCUT2D eigenvalue weighted by molar-refractivity contribution is 7.91. The first-order valence-electron chi connectivity index (χ1n) is 6.49. The Morgan fingerprint density at radius 2 is 1.73 bits per heavy atom. The number of nitrogens with two attached hydrogens (primary N) is 1. The number of sulfone groups is 1. The van der Waals surface area contributed by atoms with Crippen LogP contribution in [-0.4, -0.2) is 43.7 Å². The first-order valence-corrected chi connectivity index (χ1v) is 8.31. The molecule has 4 N–H and O–H groups in total. The molecule has 0 saturated carbocycles. The minimum Gasteiger partial charge on any atom is -0.399 e. The van der Waals surface area contributed by atoms with Gasteiger partial charge in [-0.15, -0.1) is 0 Å². The lowest BCUT2D eigenvalue weighted by atomic mass is 10.2. The van der Waals surface area contributed by atoms with Crippen molar-refractivity contribution >= 4 is 33.2 Å². The van der Waals surface area contributed by atoms with Crippen molar-refractivity contribution in [2.75, 3.05) is 17.2 Å². The van der Waals surface area contributed by atoms with Crippen molar-refractivity contribution in [1.29, 1.82) is 0 Å². The van der Waals surface area contributed by atoms with Gasteiger partial charge in [-0.2, -0.15) is 0 Å². The van der Waals surface area contributed by atoms with Crippen molar-refractivity contribution < 1.29 is 22.8 Å². The Morgan fingerprint density at radius 3 is 2.27 bits per heavy atom. The molecule has 1 saturated heterocycles. The fraction of sp³-hybridized carbons (Fsp3) is 0.308. The number of carbonyl (C=O) groups excluding carboxylic acids is 3. The molecule has 1 atom stereocenters. The van der Waals surface area contributed by atoms with Crippen LogP contribution in [0.25, 0.3) is 0 Å². The van der Waals surface area contributed by atoms with E-state index < -0.39 is 33.6 Å². The molecule has 118 valence electrons. The van der Waals surface area contributed by atoms with Gasteiger partial charge >= 0.3 is 11.8 Å². The van der Waals surface area contributed by atoms with Gasteiger partial charge in [0, 0.05) is 17.3 Å². The third-order valence-corrected chi connectivity index (χ3v) is 4.94. The van der Waals surface area contributed by atoms with Gasteiger partial charge in [-0.05, 0) is 30.7 Å². The number of carbonyl (C=O) groups is 3. The lowest BCUT2D eigenvalue weighted by Gasteiger charge is -2.10. The van der Waals surface area contributed by atoms with E-state index in [4.69, 9.17) is 5.73 Å². The molecule has 22 heavy (non-hydrogen) atoms. The van der Waals surface area contributed by atoms with Gasteiger partial charge < -0.3 is 11.1 Å². The SMILES string of the molecule is Nc1ccc(C(=O)NC(=O)C(=O)NC2CCS(=O)(=O)C2)cc1. The van der Waals surface area contributed by atoms with Crippen LogP contribution in [0.1, 0.15) is 16.8 Å². The zero-order chi connectivity index (χ0) is 16.3. The van der Waals surface area contributed by atoms with Crippen LogP contribution < -0.4 is 16.4 Å². The third-order valence-electron chi connectivity index (χ3n) is 3.17. The lowest BCUT2D eigenvalue weighted by Crippen LogP contribution is -2.46. The molecule has 1 aliphatic rings. The molecule has 1 heterocycles. The molecule has 0 bridgehead atoms. The van der Waals surface area contributed by atoms with Gasteiger partial charge in [0.25, 0.3) is 5.91 Å². The van der Waals surface area contributed by atoms with E-state index in [2.05, 4.69) is 5.32 Å². The zero-order valence-corrected chi connectivity index (χ0v) is 12.4. The van der Waals surface area contributed by atoms with Gasteiger partial charge in [0.1, 0.15) is 0 Å². The fourth-order valence-electron chi connectivity index (χ4n) is 2.03. The number of anilines is 1. The number of rotatable bonds is 2. The summed E-state index contributed by atoms with van der Waals surface area (Å²) in [5.74, 6) is -3.13. The molecule has 0 aliphatic carbocycles. The number of hydrogen-bond acceptors (Lipinski definition) is 6. The summed E-state index contributed by atoms with van der Waals surface area (Å²) < 4.78 is 22.5. The number of imide groups is 1. The molecule has 1 unspecified atom stereocenters. The monoisotopic (exact) mass is 325 g/mol. The molecule has 9 heteroatoms. The van der Waals surface area contributed by atoms with E-state index in [9.17, 15) is 22.8 Å². The highest BCUT2D eigenvalue weighted by atomic mass is 32.2. The molecule has 1 fully saturated rings. The summed E-state index contributed by atoms with van der Waals surface area (Å²) in [7, 11) is -3.16. The average Bonchev–Trinajstić information content (AvgIpc) is 2.78. The molecular formula is C13H15N3O5S. The second-order valence-corrected chi connectivity index (χ2v) is 7.21. The summed E-state index contributed by atoms with van der Waals surface area (Å²) in [6, 6.07) is 5.21. The van der Waals surface area contributed by atoms with Crippen LogP contribution in [0.5, 0.6) is 0 Å². The van der Waals surface area contributed by atoms with E-state index >= 15 is 0 Å². The van der Waals surface area contributed by atoms with Crippen LogP contribution in [-0.2, 0) is 19.4 Å². The van der Waals surface area contributed by atoms with Crippen LogP contribution in [0.15, 0.2) is 24.3 Å². The van der Waals surface area contributed by atoms with Gasteiger partial charge in [-0.25, -0.2) is 8.42 Å². The first-order chi connectivity index (χ1) is 10.3. The molecule has 3 amide bonds. The van der Waals surface area contributed by atoms with Crippen LogP contribution in [0.4, 0.5) is 5.69 Å². The fourth-order valence-corrected chi connectivity index (χ4v) is 3.70. The maximum atomic E-state index is 11.8. The maximum Gasteiger partial charge on any atom is 0.316 e. The van der Waals surface area contributed by atoms with Crippen LogP contribution in [0, 0.1) is 0 Å². The molecule has 0 radical (unpaired) electrons. The highest BCUT2D eigenvalue weighted by Crippen LogP contribution is 2.11. The third kappa shape index (κ3) is 4.04. The van der Waals surface area contributed by atoms with Gasteiger partial charge in [0.05, 0.1) is 11.5 Å². The van der Waals surface area contributed by atoms with Gasteiger partial charge in [0.2, 0.25) is 0 Å². The molecule has 1 aromatic rings. The summed E-state index contributed by atoms with van der Waals surface area (Å²) in [6.45, 7) is 0. The number of amides is 3. The summed E-state index contributed by atoms with van der Waals surface area (Å²) >= 11 is 0. The minimum absolute atomic E-state index is 0.0239. The molecule has 8 nitrogen and oxygen atoms in total. The zero-order valence-electron chi connectivity index (χ0n) is 11.5. The summed E-state index contributed by atoms with van der Waals surface area (Å²) in [6.07, 6.45) is 0.257. The summed E-state index contributed by atoms with van der Waals surface area (Å²) in [5.41, 5.74) is 6.12. The Balaban J connectivity index is 1.90. The van der Waals surface area contributed by atoms with Crippen molar-refractivity contribution in [3.05, 3.63) is 29.8 Å². The van der Waals surface area contributed by atoms with Crippen molar-refractivity contribution in [2.24, 2.45) is 0 Å². The van der Waals surface area contributed by atoms with Crippen molar-refractivity contribution in [2.45, 2.75) is 12.5 Å². The summed E-state index contributed by atoms with van der Waals surface area (Å²) in [4.78, 5) is 35.0. The van der Waals surface area contributed by atoms with E-state index in [1.54, 1.807) is 0 Å². The Kier molecular flexibility index (Phi) is 4.45. The molecule has 1 aliphatic heterocycles. The topological polar surface area (TPSA) is 135 Å². The minimum atomic E-state index is -3.16. The van der Waals surface area contributed by atoms with Gasteiger partial charge in [-0.3, -0.25) is 19.7 Å². The maximum absolute atomic E-state index is 11.8. The first kappa shape index (κ1) is 16.0. The van der Waals surface area contributed by atoms with Gasteiger partial charge in [0.15, 0.2) is 9.84 Å². The Bertz CT molecular complexity index is 712. The Morgan fingerprint density at radius 1 is 1.09 bits per heavy atom. The average molecular weight is 325 g/mol. The van der Waals surface area contributed by atoms with E-state index in [1.165, 1.54) is 24.3 Å². The van der Waals surface area contributed by atoms with Crippen LogP contribution >= 0.6 is 0 Å². The predicted molar refractivity (Wildman–Crippen MR) is 78.5 cm³/mol. The quantitative estimate of drug-likeness (QED) is 0.463. The molecule has 0 aromatic heterocycles. The largest absolute Gasteiger partial charge is 0.399 e. The predicted octanol–water partition coefficient (Wildman–Crippen LogP) is -1.17. The number of benzene rings is 1. The number of nitrogen functional groups attached to an aromatic ring is 1. The lowest BCUT2D eigenvalue weighted by molar-refractivity contribution is -0.139. The Hall–Kier alpha value is -2.42. The second-order valence-electron chi connectivity index (χ2n) is 4.98. The second kappa shape index (κ2) is 6.14. The van der Waals surface area contributed by atoms with Crippen LogP contribution in [0.2, 0.25) is 0 Å². The van der Waals surface area contributed by atoms with E-state index in [-0.39, 0.29) is 23.5 Å². The van der Waals surface area contributed by atoms with Gasteiger partial charge in [-0.1, -0.05) is 0 Å². The molecule has 0 spiro atoms. The molecular weight excluding hydrogens is 310 g/mol. The van der Waals surface area contributed by atoms with Crippen molar-refractivity contribution in [3.8, 4) is 0 Å². The summed E-state index contributed by atoms with van der Waals surface area (Å²) in [5, 5.41) is 4.23. The highest BCUT2D eigenvalue weighted by Gasteiger charge is 2.30. The van der Waals surface area contributed by atoms with Crippen molar-refractivity contribution in [1.82, 2.24) is 10.6 Å². The number of nitrogens with one attached hydrogen (secondary N) is 2. The van der Waals surface area contributed by atoms with E-state index in [0.29, 0.717) is 5.69 Å². The van der Waals surface area contributed by atoms with E-state index in [1.807, 2.05) is 5.32 Å². The smallest absolute Gasteiger partial charge is 0.316 e. The number of hydrogen-bond donors (Lipinski definition) is 3. The molecule has 1 aromatic carbocycles. The van der Waals surface area contributed by atoms with Crippen LogP contribution in [0.3, 0.4) is 0 Å². The Labute approximate surface area is 127 Å². The normalized spacial score (nSPS) is 19.4. The molecule has 2 rings (SSSR count). The van der Waals surface area contributed by atoms with E-state index in [0.717, 1.165) is 0 Å². The standard InChI is InChI=1S/C13H15N3O5S/c14-9-3-1-8(2-4-9)11(17)16-13(19)12(18)15-10-5-6-22(20,21)7-10/h1-4,10H,5-7,14H2,(H,15,18)(H,16,17,19).